The summed E-state index contributed by atoms with van der Waals surface area (Å²) in [7, 11) is 2.14. The lowest BCUT2D eigenvalue weighted by molar-refractivity contribution is -0.113. The third-order valence-corrected chi connectivity index (χ3v) is 5.44. The first kappa shape index (κ1) is 15.7. The molecule has 3 aliphatic rings. The number of nitrogen functional groups attached to an aromatic ring is 1. The predicted octanol–water partition coefficient (Wildman–Crippen LogP) is -0.145. The van der Waals surface area contributed by atoms with Crippen LogP contribution in [0, 0.1) is 0 Å². The highest BCUT2D eigenvalue weighted by Gasteiger charge is 2.48. The van der Waals surface area contributed by atoms with Crippen molar-refractivity contribution in [2.24, 2.45) is 0 Å². The predicted molar refractivity (Wildman–Crippen MR) is 98.1 cm³/mol. The van der Waals surface area contributed by atoms with Crippen LogP contribution in [0.2, 0.25) is 0 Å². The molecule has 9 nitrogen and oxygen atoms in total. The van der Waals surface area contributed by atoms with Gasteiger partial charge in [-0.25, -0.2) is 15.0 Å². The molecule has 0 saturated carbocycles. The molecular formula is C17H22N8O. The van der Waals surface area contributed by atoms with Gasteiger partial charge >= 0.3 is 0 Å². The Balaban J connectivity index is 1.51. The van der Waals surface area contributed by atoms with E-state index in [9.17, 15) is 0 Å². The van der Waals surface area contributed by atoms with Crippen LogP contribution in [0.5, 0.6) is 0 Å². The second kappa shape index (κ2) is 6.03. The quantitative estimate of drug-likeness (QED) is 0.807. The van der Waals surface area contributed by atoms with Crippen molar-refractivity contribution in [3.63, 3.8) is 0 Å². The molecule has 1 unspecified atom stereocenters. The monoisotopic (exact) mass is 354 g/mol. The molecule has 0 spiro atoms. The minimum atomic E-state index is 0.263. The van der Waals surface area contributed by atoms with Crippen LogP contribution in [-0.2, 0) is 4.74 Å². The summed E-state index contributed by atoms with van der Waals surface area (Å²) in [6.45, 7) is 5.53. The third-order valence-electron chi connectivity index (χ3n) is 5.44. The lowest BCUT2D eigenvalue weighted by atomic mass is 9.95. The average molecular weight is 354 g/mol. The molecule has 0 bridgehead atoms. The molecule has 0 amide bonds. The number of hydrogen-bond donors (Lipinski definition) is 1. The number of likely N-dealkylation sites (N-methyl/N-ethyl adjacent to an activating group) is 1. The number of morpholine rings is 1. The molecule has 2 aromatic rings. The summed E-state index contributed by atoms with van der Waals surface area (Å²) in [4.78, 5) is 24.8. The Hall–Kier alpha value is -2.52. The molecular weight excluding hydrogens is 332 g/mol. The van der Waals surface area contributed by atoms with Crippen molar-refractivity contribution in [1.82, 2.24) is 24.8 Å². The Kier molecular flexibility index (Phi) is 3.64. The SMILES string of the molecule is CN1CCN(c2nc(-c3cnc(N)nc3)cc(N3CC4OC[C@H]43)n2)CC1. The first-order chi connectivity index (χ1) is 12.7. The number of aromatic nitrogens is 4. The van der Waals surface area contributed by atoms with Gasteiger partial charge in [-0.05, 0) is 7.05 Å². The summed E-state index contributed by atoms with van der Waals surface area (Å²) < 4.78 is 5.53. The summed E-state index contributed by atoms with van der Waals surface area (Å²) in [5.74, 6) is 1.98. The van der Waals surface area contributed by atoms with E-state index >= 15 is 0 Å². The fourth-order valence-corrected chi connectivity index (χ4v) is 3.57. The number of rotatable bonds is 3. The molecule has 3 saturated heterocycles. The van der Waals surface area contributed by atoms with E-state index in [4.69, 9.17) is 20.4 Å². The van der Waals surface area contributed by atoms with Crippen LogP contribution in [-0.4, -0.2) is 83.4 Å². The normalized spacial score (nSPS) is 25.4. The molecule has 3 fully saturated rings. The maximum absolute atomic E-state index is 5.62. The van der Waals surface area contributed by atoms with Gasteiger partial charge in [0.15, 0.2) is 0 Å². The van der Waals surface area contributed by atoms with Crippen molar-refractivity contribution in [2.45, 2.75) is 12.1 Å². The molecule has 2 N–H and O–H groups in total. The van der Waals surface area contributed by atoms with Gasteiger partial charge < -0.3 is 25.2 Å². The molecule has 136 valence electrons. The molecule has 0 aromatic carbocycles. The van der Waals surface area contributed by atoms with Gasteiger partial charge in [-0.2, -0.15) is 4.98 Å². The third kappa shape index (κ3) is 2.63. The average Bonchev–Trinajstić information content (AvgIpc) is 2.65. The smallest absolute Gasteiger partial charge is 0.227 e. The van der Waals surface area contributed by atoms with Crippen LogP contribution < -0.4 is 15.5 Å². The van der Waals surface area contributed by atoms with E-state index in [0.29, 0.717) is 12.1 Å². The lowest BCUT2D eigenvalue weighted by Gasteiger charge is -2.55. The first-order valence-corrected chi connectivity index (χ1v) is 8.96. The van der Waals surface area contributed by atoms with Crippen molar-refractivity contribution >= 4 is 17.7 Å². The summed E-state index contributed by atoms with van der Waals surface area (Å²) >= 11 is 0. The van der Waals surface area contributed by atoms with Gasteiger partial charge in [0.1, 0.15) is 5.82 Å². The second-order valence-corrected chi connectivity index (χ2v) is 7.12. The number of fused-ring (bicyclic) bond motifs is 1. The molecule has 3 aliphatic heterocycles. The standard InChI is InChI=1S/C17H22N8O/c1-23-2-4-24(5-3-23)17-21-12(11-7-19-16(18)20-8-11)6-15(22-17)25-9-14-13(25)10-26-14/h6-8,13-14H,2-5,9-10H2,1H3,(H2,18,19,20)/t13-,14?/m1/s1. The number of nitrogens with two attached hydrogens (primary N) is 1. The van der Waals surface area contributed by atoms with Gasteiger partial charge in [0.2, 0.25) is 11.9 Å². The number of anilines is 3. The molecule has 2 atom stereocenters. The van der Waals surface area contributed by atoms with Gasteiger partial charge in [-0.15, -0.1) is 0 Å². The zero-order chi connectivity index (χ0) is 17.7. The van der Waals surface area contributed by atoms with Crippen molar-refractivity contribution < 1.29 is 4.74 Å². The minimum absolute atomic E-state index is 0.263. The van der Waals surface area contributed by atoms with E-state index in [-0.39, 0.29) is 5.95 Å². The van der Waals surface area contributed by atoms with E-state index in [2.05, 4.69) is 31.7 Å². The molecule has 0 aliphatic carbocycles. The largest absolute Gasteiger partial charge is 0.372 e. The Labute approximate surface area is 151 Å². The summed E-state index contributed by atoms with van der Waals surface area (Å²) in [6.07, 6.45) is 3.79. The van der Waals surface area contributed by atoms with Crippen LogP contribution >= 0.6 is 0 Å². The fourth-order valence-electron chi connectivity index (χ4n) is 3.57. The maximum Gasteiger partial charge on any atom is 0.227 e. The van der Waals surface area contributed by atoms with E-state index in [1.54, 1.807) is 12.4 Å². The first-order valence-electron chi connectivity index (χ1n) is 8.96. The van der Waals surface area contributed by atoms with Crippen molar-refractivity contribution in [1.29, 1.82) is 0 Å². The highest BCUT2D eigenvalue weighted by molar-refractivity contribution is 5.65. The van der Waals surface area contributed by atoms with Crippen LogP contribution in [0.15, 0.2) is 18.5 Å². The summed E-state index contributed by atoms with van der Waals surface area (Å²) in [5.41, 5.74) is 7.30. The van der Waals surface area contributed by atoms with Crippen molar-refractivity contribution in [2.75, 3.05) is 61.9 Å². The number of ether oxygens (including phenoxy) is 1. The molecule has 5 rings (SSSR count). The molecule has 2 aromatic heterocycles. The Morgan fingerprint density at radius 3 is 2.50 bits per heavy atom. The lowest BCUT2D eigenvalue weighted by Crippen LogP contribution is -2.71. The fraction of sp³-hybridized carbons (Fsp3) is 0.529. The van der Waals surface area contributed by atoms with Crippen LogP contribution in [0.1, 0.15) is 0 Å². The highest BCUT2D eigenvalue weighted by Crippen LogP contribution is 2.36. The Morgan fingerprint density at radius 2 is 1.88 bits per heavy atom. The molecule has 5 heterocycles. The van der Waals surface area contributed by atoms with E-state index in [0.717, 1.165) is 62.4 Å². The van der Waals surface area contributed by atoms with E-state index in [1.165, 1.54) is 0 Å². The van der Waals surface area contributed by atoms with Crippen LogP contribution in [0.4, 0.5) is 17.7 Å². The minimum Gasteiger partial charge on any atom is -0.372 e. The molecule has 9 heteroatoms. The van der Waals surface area contributed by atoms with Gasteiger partial charge in [0.25, 0.3) is 0 Å². The highest BCUT2D eigenvalue weighted by atomic mass is 16.5. The Morgan fingerprint density at radius 1 is 1.12 bits per heavy atom. The van der Waals surface area contributed by atoms with Crippen LogP contribution in [0.25, 0.3) is 11.3 Å². The molecule has 0 radical (unpaired) electrons. The van der Waals surface area contributed by atoms with Gasteiger partial charge in [-0.3, -0.25) is 0 Å². The Bertz CT molecular complexity index is 805. The van der Waals surface area contributed by atoms with Gasteiger partial charge in [-0.1, -0.05) is 0 Å². The topological polar surface area (TPSA) is 96.5 Å². The summed E-state index contributed by atoms with van der Waals surface area (Å²) in [6, 6.07) is 2.46. The summed E-state index contributed by atoms with van der Waals surface area (Å²) in [5, 5.41) is 0. The van der Waals surface area contributed by atoms with Crippen molar-refractivity contribution in [3.05, 3.63) is 18.5 Å². The number of nitrogens with zero attached hydrogens (tertiary/aromatic N) is 7. The second-order valence-electron chi connectivity index (χ2n) is 7.12. The van der Waals surface area contributed by atoms with Gasteiger partial charge in [0.05, 0.1) is 24.4 Å². The van der Waals surface area contributed by atoms with Crippen molar-refractivity contribution in [3.8, 4) is 11.3 Å². The number of hydrogen-bond acceptors (Lipinski definition) is 9. The van der Waals surface area contributed by atoms with E-state index in [1.807, 2.05) is 6.07 Å². The zero-order valence-electron chi connectivity index (χ0n) is 14.7. The number of piperazine rings is 1. The van der Waals surface area contributed by atoms with Gasteiger partial charge in [0, 0.05) is 56.7 Å². The molecule has 26 heavy (non-hydrogen) atoms. The van der Waals surface area contributed by atoms with E-state index < -0.39 is 0 Å². The maximum atomic E-state index is 5.62. The zero-order valence-corrected chi connectivity index (χ0v) is 14.7. The van der Waals surface area contributed by atoms with Crippen LogP contribution in [0.3, 0.4) is 0 Å².